The maximum Gasteiger partial charge on any atom is 0.149 e. The Balaban J connectivity index is 2.86. The smallest absolute Gasteiger partial charge is 0.149 e. The molecule has 0 saturated carbocycles. The van der Waals surface area contributed by atoms with Crippen LogP contribution in [0.2, 0.25) is 5.02 Å². The maximum absolute atomic E-state index is 13.5. The molecule has 4 heteroatoms. The highest BCUT2D eigenvalue weighted by Crippen LogP contribution is 2.29. The van der Waals surface area contributed by atoms with E-state index in [9.17, 15) is 8.78 Å². The lowest BCUT2D eigenvalue weighted by molar-refractivity contribution is 0.614. The SMILES string of the molecule is CC(C)c1cc(Cl)c2c(F)ccc(F)c2n1. The topological polar surface area (TPSA) is 12.9 Å². The van der Waals surface area contributed by atoms with E-state index in [1.165, 1.54) is 0 Å². The normalized spacial score (nSPS) is 11.4. The summed E-state index contributed by atoms with van der Waals surface area (Å²) in [5, 5.41) is 0.247. The average molecular weight is 242 g/mol. The molecule has 0 saturated heterocycles. The summed E-state index contributed by atoms with van der Waals surface area (Å²) in [6.45, 7) is 3.84. The summed E-state index contributed by atoms with van der Waals surface area (Å²) in [5.74, 6) is -0.991. The average Bonchev–Trinajstić information content (AvgIpc) is 2.22. The summed E-state index contributed by atoms with van der Waals surface area (Å²) >= 11 is 5.94. The van der Waals surface area contributed by atoms with Crippen LogP contribution in [-0.4, -0.2) is 4.98 Å². The molecule has 1 heterocycles. The van der Waals surface area contributed by atoms with Crippen molar-refractivity contribution in [3.05, 3.63) is 40.6 Å². The Labute approximate surface area is 97.1 Å². The molecule has 0 bridgehead atoms. The Bertz CT molecular complexity index is 552. The molecule has 0 radical (unpaired) electrons. The fourth-order valence-corrected chi connectivity index (χ4v) is 1.83. The van der Waals surface area contributed by atoms with Gasteiger partial charge in [0.25, 0.3) is 0 Å². The van der Waals surface area contributed by atoms with Crippen molar-refractivity contribution in [3.63, 3.8) is 0 Å². The van der Waals surface area contributed by atoms with Gasteiger partial charge < -0.3 is 0 Å². The molecule has 0 fully saturated rings. The van der Waals surface area contributed by atoms with E-state index in [4.69, 9.17) is 11.6 Å². The number of fused-ring (bicyclic) bond motifs is 1. The molecule has 0 N–H and O–H groups in total. The van der Waals surface area contributed by atoms with Crippen LogP contribution in [0.15, 0.2) is 18.2 Å². The first-order valence-electron chi connectivity index (χ1n) is 4.95. The summed E-state index contributed by atoms with van der Waals surface area (Å²) in [7, 11) is 0. The van der Waals surface area contributed by atoms with E-state index < -0.39 is 11.6 Å². The molecule has 84 valence electrons. The van der Waals surface area contributed by atoms with Gasteiger partial charge >= 0.3 is 0 Å². The molecule has 1 aromatic carbocycles. The molecule has 0 aliphatic heterocycles. The first kappa shape index (κ1) is 11.3. The minimum atomic E-state index is -0.555. The number of pyridine rings is 1. The second-order valence-corrected chi connectivity index (χ2v) is 4.34. The van der Waals surface area contributed by atoms with Gasteiger partial charge in [-0.3, -0.25) is 0 Å². The molecule has 2 aromatic rings. The van der Waals surface area contributed by atoms with Crippen molar-refractivity contribution in [2.75, 3.05) is 0 Å². The summed E-state index contributed by atoms with van der Waals surface area (Å²) in [5.41, 5.74) is 0.651. The van der Waals surface area contributed by atoms with Gasteiger partial charge in [-0.2, -0.15) is 0 Å². The largest absolute Gasteiger partial charge is 0.249 e. The molecular weight excluding hydrogens is 232 g/mol. The van der Waals surface area contributed by atoms with E-state index in [2.05, 4.69) is 4.98 Å². The van der Waals surface area contributed by atoms with Crippen molar-refractivity contribution in [1.82, 2.24) is 4.98 Å². The number of rotatable bonds is 1. The van der Waals surface area contributed by atoms with Crippen LogP contribution in [0.1, 0.15) is 25.5 Å². The summed E-state index contributed by atoms with van der Waals surface area (Å²) < 4.78 is 27.0. The lowest BCUT2D eigenvalue weighted by Crippen LogP contribution is -1.97. The molecule has 1 aromatic heterocycles. The van der Waals surface area contributed by atoms with Gasteiger partial charge in [-0.1, -0.05) is 25.4 Å². The van der Waals surface area contributed by atoms with Crippen LogP contribution in [0.4, 0.5) is 8.78 Å². The monoisotopic (exact) mass is 241 g/mol. The zero-order chi connectivity index (χ0) is 11.9. The van der Waals surface area contributed by atoms with Crippen molar-refractivity contribution < 1.29 is 8.78 Å². The Morgan fingerprint density at radius 3 is 2.44 bits per heavy atom. The Morgan fingerprint density at radius 1 is 1.19 bits per heavy atom. The molecule has 0 spiro atoms. The summed E-state index contributed by atoms with van der Waals surface area (Å²) in [6, 6.07) is 3.70. The van der Waals surface area contributed by atoms with Gasteiger partial charge in [-0.05, 0) is 24.1 Å². The predicted octanol–water partition coefficient (Wildman–Crippen LogP) is 4.29. The van der Waals surface area contributed by atoms with Crippen LogP contribution in [0.3, 0.4) is 0 Å². The van der Waals surface area contributed by atoms with E-state index in [0.717, 1.165) is 12.1 Å². The molecule has 0 aliphatic carbocycles. The third kappa shape index (κ3) is 1.76. The van der Waals surface area contributed by atoms with Crippen molar-refractivity contribution >= 4 is 22.5 Å². The number of hydrogen-bond acceptors (Lipinski definition) is 1. The van der Waals surface area contributed by atoms with Crippen molar-refractivity contribution in [1.29, 1.82) is 0 Å². The first-order valence-corrected chi connectivity index (χ1v) is 5.32. The van der Waals surface area contributed by atoms with Crippen LogP contribution in [0, 0.1) is 11.6 Å². The zero-order valence-electron chi connectivity index (χ0n) is 8.89. The second kappa shape index (κ2) is 3.98. The lowest BCUT2D eigenvalue weighted by Gasteiger charge is -2.09. The van der Waals surface area contributed by atoms with Gasteiger partial charge in [0.05, 0.1) is 10.4 Å². The van der Waals surface area contributed by atoms with Gasteiger partial charge in [-0.15, -0.1) is 0 Å². The molecule has 16 heavy (non-hydrogen) atoms. The fraction of sp³-hybridized carbons (Fsp3) is 0.250. The molecule has 0 aliphatic rings. The van der Waals surface area contributed by atoms with Crippen molar-refractivity contribution in [2.45, 2.75) is 19.8 Å². The van der Waals surface area contributed by atoms with Crippen LogP contribution < -0.4 is 0 Å². The minimum absolute atomic E-state index is 0.00352. The van der Waals surface area contributed by atoms with Crippen LogP contribution >= 0.6 is 11.6 Å². The van der Waals surface area contributed by atoms with Gasteiger partial charge in [0, 0.05) is 5.69 Å². The number of hydrogen-bond donors (Lipinski definition) is 0. The van der Waals surface area contributed by atoms with E-state index in [-0.39, 0.29) is 21.8 Å². The summed E-state index contributed by atoms with van der Waals surface area (Å²) in [4.78, 5) is 4.10. The lowest BCUT2D eigenvalue weighted by atomic mass is 10.1. The number of halogens is 3. The number of benzene rings is 1. The number of nitrogens with zero attached hydrogens (tertiary/aromatic N) is 1. The number of aromatic nitrogens is 1. The summed E-state index contributed by atoms with van der Waals surface area (Å²) in [6.07, 6.45) is 0. The minimum Gasteiger partial charge on any atom is -0.249 e. The zero-order valence-corrected chi connectivity index (χ0v) is 9.65. The second-order valence-electron chi connectivity index (χ2n) is 3.94. The van der Waals surface area contributed by atoms with E-state index in [0.29, 0.717) is 5.69 Å². The van der Waals surface area contributed by atoms with E-state index in [1.54, 1.807) is 6.07 Å². The maximum atomic E-state index is 13.5. The third-order valence-electron chi connectivity index (χ3n) is 2.42. The predicted molar refractivity (Wildman–Crippen MR) is 60.8 cm³/mol. The van der Waals surface area contributed by atoms with Crippen molar-refractivity contribution in [2.24, 2.45) is 0 Å². The van der Waals surface area contributed by atoms with Crippen LogP contribution in [0.25, 0.3) is 10.9 Å². The van der Waals surface area contributed by atoms with E-state index >= 15 is 0 Å². The Kier molecular flexibility index (Phi) is 2.80. The molecule has 0 atom stereocenters. The molecule has 0 amide bonds. The first-order chi connectivity index (χ1) is 7.50. The van der Waals surface area contributed by atoms with Crippen molar-refractivity contribution in [3.8, 4) is 0 Å². The fourth-order valence-electron chi connectivity index (χ4n) is 1.54. The molecule has 1 nitrogen and oxygen atoms in total. The highest BCUT2D eigenvalue weighted by Gasteiger charge is 2.13. The Morgan fingerprint density at radius 2 is 1.81 bits per heavy atom. The quantitative estimate of drug-likeness (QED) is 0.726. The molecule has 2 rings (SSSR count). The van der Waals surface area contributed by atoms with Crippen LogP contribution in [-0.2, 0) is 0 Å². The van der Waals surface area contributed by atoms with Crippen LogP contribution in [0.5, 0.6) is 0 Å². The van der Waals surface area contributed by atoms with Gasteiger partial charge in [-0.25, -0.2) is 13.8 Å². The van der Waals surface area contributed by atoms with Gasteiger partial charge in [0.2, 0.25) is 0 Å². The Hall–Kier alpha value is -1.22. The van der Waals surface area contributed by atoms with Gasteiger partial charge in [0.1, 0.15) is 17.2 Å². The third-order valence-corrected chi connectivity index (χ3v) is 2.72. The highest BCUT2D eigenvalue weighted by molar-refractivity contribution is 6.35. The standard InChI is InChI=1S/C12H10ClF2N/c1-6(2)10-5-7(13)11-8(14)3-4-9(15)12(11)16-10/h3-6H,1-2H3. The molecule has 0 unspecified atom stereocenters. The van der Waals surface area contributed by atoms with E-state index in [1.807, 2.05) is 13.8 Å². The highest BCUT2D eigenvalue weighted by atomic mass is 35.5. The molecular formula is C12H10ClF2N. The van der Waals surface area contributed by atoms with Gasteiger partial charge in [0.15, 0.2) is 0 Å².